The van der Waals surface area contributed by atoms with Crippen LogP contribution in [-0.2, 0) is 9.53 Å². The molecule has 1 heterocycles. The molecule has 0 saturated carbocycles. The predicted octanol–water partition coefficient (Wildman–Crippen LogP) is 2.26. The Balaban J connectivity index is 2.87. The predicted molar refractivity (Wildman–Crippen MR) is 56.3 cm³/mol. The molecular weight excluding hydrogens is 194 g/mol. The summed E-state index contributed by atoms with van der Waals surface area (Å²) in [6, 6.07) is 0. The Morgan fingerprint density at radius 2 is 2.20 bits per heavy atom. The van der Waals surface area contributed by atoms with Gasteiger partial charge in [-0.15, -0.1) is 0 Å². The summed E-state index contributed by atoms with van der Waals surface area (Å²) in [5, 5.41) is 0. The van der Waals surface area contributed by atoms with E-state index in [1.807, 2.05) is 6.92 Å². The van der Waals surface area contributed by atoms with Crippen LogP contribution in [0.2, 0.25) is 0 Å². The molecule has 0 fully saturated rings. The highest BCUT2D eigenvalue weighted by molar-refractivity contribution is 5.92. The van der Waals surface area contributed by atoms with Gasteiger partial charge in [-0.3, -0.25) is 0 Å². The number of carbonyl (C=O) groups is 1. The van der Waals surface area contributed by atoms with Gasteiger partial charge in [0.2, 0.25) is 0 Å². The molecule has 1 rings (SSSR count). The maximum Gasteiger partial charge on any atom is 0.333 e. The molecule has 15 heavy (non-hydrogen) atoms. The van der Waals surface area contributed by atoms with E-state index in [2.05, 4.69) is 4.98 Å². The molecule has 1 aromatic heterocycles. The standard InChI is InChI=1S/C11H15NO3/c1-5-14-11(13)7(2)6-10-8(3)15-9(4)12-10/h6H,5H2,1-4H3/b7-6+. The Bertz CT molecular complexity index is 391. The number of oxazole rings is 1. The van der Waals surface area contributed by atoms with Crippen LogP contribution < -0.4 is 0 Å². The Morgan fingerprint density at radius 1 is 1.53 bits per heavy atom. The average molecular weight is 209 g/mol. The quantitative estimate of drug-likeness (QED) is 0.566. The van der Waals surface area contributed by atoms with Crippen LogP contribution in [0.4, 0.5) is 0 Å². The molecule has 0 bridgehead atoms. The van der Waals surface area contributed by atoms with Crippen LogP contribution in [0.1, 0.15) is 31.2 Å². The monoisotopic (exact) mass is 209 g/mol. The Kier molecular flexibility index (Phi) is 3.66. The van der Waals surface area contributed by atoms with Crippen molar-refractivity contribution in [2.75, 3.05) is 6.61 Å². The van der Waals surface area contributed by atoms with E-state index >= 15 is 0 Å². The number of hydrogen-bond donors (Lipinski definition) is 0. The number of aryl methyl sites for hydroxylation is 2. The minimum Gasteiger partial charge on any atom is -0.463 e. The van der Waals surface area contributed by atoms with Gasteiger partial charge >= 0.3 is 5.97 Å². The highest BCUT2D eigenvalue weighted by Gasteiger charge is 2.08. The summed E-state index contributed by atoms with van der Waals surface area (Å²) < 4.78 is 10.1. The summed E-state index contributed by atoms with van der Waals surface area (Å²) in [5.74, 6) is 0.976. The van der Waals surface area contributed by atoms with Crippen molar-refractivity contribution in [1.82, 2.24) is 4.98 Å². The van der Waals surface area contributed by atoms with E-state index in [9.17, 15) is 4.79 Å². The second-order valence-electron chi connectivity index (χ2n) is 3.22. The number of esters is 1. The van der Waals surface area contributed by atoms with Gasteiger partial charge in [-0.1, -0.05) is 0 Å². The zero-order valence-electron chi connectivity index (χ0n) is 9.46. The number of ether oxygens (including phenoxy) is 1. The van der Waals surface area contributed by atoms with Gasteiger partial charge in [-0.2, -0.15) is 0 Å². The fraction of sp³-hybridized carbons (Fsp3) is 0.455. The maximum absolute atomic E-state index is 11.3. The van der Waals surface area contributed by atoms with Crippen LogP contribution in [0.3, 0.4) is 0 Å². The lowest BCUT2D eigenvalue weighted by Gasteiger charge is -2.00. The molecule has 1 aromatic rings. The zero-order valence-corrected chi connectivity index (χ0v) is 9.46. The second kappa shape index (κ2) is 4.77. The van der Waals surface area contributed by atoms with Gasteiger partial charge in [0.05, 0.1) is 6.61 Å². The molecule has 0 aliphatic heterocycles. The molecule has 0 N–H and O–H groups in total. The van der Waals surface area contributed by atoms with E-state index in [4.69, 9.17) is 9.15 Å². The third-order valence-electron chi connectivity index (χ3n) is 1.89. The molecule has 0 aliphatic carbocycles. The molecule has 0 spiro atoms. The third-order valence-corrected chi connectivity index (χ3v) is 1.89. The smallest absolute Gasteiger partial charge is 0.333 e. The van der Waals surface area contributed by atoms with Crippen LogP contribution in [0.25, 0.3) is 6.08 Å². The minimum atomic E-state index is -0.322. The van der Waals surface area contributed by atoms with Gasteiger partial charge in [-0.25, -0.2) is 9.78 Å². The van der Waals surface area contributed by atoms with Crippen molar-refractivity contribution in [3.8, 4) is 0 Å². The van der Waals surface area contributed by atoms with Crippen LogP contribution in [0, 0.1) is 13.8 Å². The summed E-state index contributed by atoms with van der Waals surface area (Å²) in [6.07, 6.45) is 1.67. The highest BCUT2D eigenvalue weighted by Crippen LogP contribution is 2.13. The molecule has 0 unspecified atom stereocenters. The van der Waals surface area contributed by atoms with Crippen molar-refractivity contribution in [2.24, 2.45) is 0 Å². The largest absolute Gasteiger partial charge is 0.463 e. The molecule has 0 atom stereocenters. The Hall–Kier alpha value is -1.58. The topological polar surface area (TPSA) is 52.3 Å². The molecule has 4 heteroatoms. The fourth-order valence-corrected chi connectivity index (χ4v) is 1.19. The van der Waals surface area contributed by atoms with E-state index in [0.717, 1.165) is 0 Å². The summed E-state index contributed by atoms with van der Waals surface area (Å²) >= 11 is 0. The van der Waals surface area contributed by atoms with Gasteiger partial charge < -0.3 is 9.15 Å². The lowest BCUT2D eigenvalue weighted by atomic mass is 10.2. The van der Waals surface area contributed by atoms with Crippen LogP contribution in [0.15, 0.2) is 9.99 Å². The van der Waals surface area contributed by atoms with Crippen molar-refractivity contribution in [1.29, 1.82) is 0 Å². The summed E-state index contributed by atoms with van der Waals surface area (Å²) in [7, 11) is 0. The van der Waals surface area contributed by atoms with Gasteiger partial charge in [-0.05, 0) is 26.8 Å². The zero-order chi connectivity index (χ0) is 11.4. The molecule has 0 amide bonds. The normalized spacial score (nSPS) is 11.6. The Labute approximate surface area is 89.0 Å². The van der Waals surface area contributed by atoms with E-state index < -0.39 is 0 Å². The summed E-state index contributed by atoms with van der Waals surface area (Å²) in [4.78, 5) is 15.5. The van der Waals surface area contributed by atoms with Crippen molar-refractivity contribution in [3.05, 3.63) is 22.9 Å². The van der Waals surface area contributed by atoms with Crippen LogP contribution in [-0.4, -0.2) is 17.6 Å². The minimum absolute atomic E-state index is 0.322. The first-order chi connectivity index (χ1) is 7.04. The maximum atomic E-state index is 11.3. The molecule has 0 saturated heterocycles. The third kappa shape index (κ3) is 2.94. The molecule has 0 aromatic carbocycles. The number of aromatic nitrogens is 1. The Morgan fingerprint density at radius 3 is 2.67 bits per heavy atom. The van der Waals surface area contributed by atoms with Crippen molar-refractivity contribution >= 4 is 12.0 Å². The van der Waals surface area contributed by atoms with Crippen LogP contribution in [0.5, 0.6) is 0 Å². The molecule has 4 nitrogen and oxygen atoms in total. The molecule has 82 valence electrons. The van der Waals surface area contributed by atoms with E-state index in [1.54, 1.807) is 26.8 Å². The first-order valence-electron chi connectivity index (χ1n) is 4.84. The molecular formula is C11H15NO3. The highest BCUT2D eigenvalue weighted by atomic mass is 16.5. The SMILES string of the molecule is CCOC(=O)/C(C)=C/c1nc(C)oc1C. The molecule has 0 radical (unpaired) electrons. The molecule has 0 aliphatic rings. The summed E-state index contributed by atoms with van der Waals surface area (Å²) in [5.41, 5.74) is 1.20. The van der Waals surface area contributed by atoms with Gasteiger partial charge in [0.25, 0.3) is 0 Å². The second-order valence-corrected chi connectivity index (χ2v) is 3.22. The van der Waals surface area contributed by atoms with E-state index in [-0.39, 0.29) is 5.97 Å². The van der Waals surface area contributed by atoms with Crippen molar-refractivity contribution < 1.29 is 13.9 Å². The lowest BCUT2D eigenvalue weighted by molar-refractivity contribution is -0.138. The van der Waals surface area contributed by atoms with Crippen molar-refractivity contribution in [3.63, 3.8) is 0 Å². The van der Waals surface area contributed by atoms with Crippen LogP contribution >= 0.6 is 0 Å². The van der Waals surface area contributed by atoms with Crippen molar-refractivity contribution in [2.45, 2.75) is 27.7 Å². The van der Waals surface area contributed by atoms with Gasteiger partial charge in [0.1, 0.15) is 11.5 Å². The van der Waals surface area contributed by atoms with E-state index in [0.29, 0.717) is 29.5 Å². The number of hydrogen-bond acceptors (Lipinski definition) is 4. The number of rotatable bonds is 3. The first kappa shape index (κ1) is 11.5. The fourth-order valence-electron chi connectivity index (χ4n) is 1.19. The summed E-state index contributed by atoms with van der Waals surface area (Å²) in [6.45, 7) is 7.42. The lowest BCUT2D eigenvalue weighted by Crippen LogP contribution is -2.04. The first-order valence-corrected chi connectivity index (χ1v) is 4.84. The van der Waals surface area contributed by atoms with Gasteiger partial charge in [0, 0.05) is 12.5 Å². The van der Waals surface area contributed by atoms with E-state index in [1.165, 1.54) is 0 Å². The number of carbonyl (C=O) groups excluding carboxylic acids is 1. The number of nitrogens with zero attached hydrogens (tertiary/aromatic N) is 1. The van der Waals surface area contributed by atoms with Gasteiger partial charge in [0.15, 0.2) is 5.89 Å². The average Bonchev–Trinajstić information content (AvgIpc) is 2.45.